The summed E-state index contributed by atoms with van der Waals surface area (Å²) in [6, 6.07) is 12.3. The Balaban J connectivity index is 1.62. The van der Waals surface area contributed by atoms with E-state index in [4.69, 9.17) is 13.9 Å². The fraction of sp³-hybridized carbons (Fsp3) is 0.238. The molecule has 3 aromatic rings. The van der Waals surface area contributed by atoms with E-state index >= 15 is 0 Å². The summed E-state index contributed by atoms with van der Waals surface area (Å²) in [5, 5.41) is 6.31. The maximum Gasteiger partial charge on any atom is 0.293 e. The molecule has 2 amide bonds. The fourth-order valence-electron chi connectivity index (χ4n) is 3.03. The first-order chi connectivity index (χ1) is 13.7. The summed E-state index contributed by atoms with van der Waals surface area (Å²) in [4.78, 5) is 25.1. The van der Waals surface area contributed by atoms with Gasteiger partial charge in [-0.2, -0.15) is 0 Å². The summed E-state index contributed by atoms with van der Waals surface area (Å²) in [7, 11) is 0. The molecule has 2 heterocycles. The molecule has 0 aliphatic carbocycles. The second-order valence-corrected chi connectivity index (χ2v) is 6.48. The highest BCUT2D eigenvalue weighted by atomic mass is 16.7. The molecule has 2 aromatic carbocycles. The van der Waals surface area contributed by atoms with E-state index in [1.807, 2.05) is 25.1 Å². The van der Waals surface area contributed by atoms with Gasteiger partial charge in [0.15, 0.2) is 11.5 Å². The van der Waals surface area contributed by atoms with Gasteiger partial charge in [-0.15, -0.1) is 0 Å². The molecule has 0 spiro atoms. The highest BCUT2D eigenvalue weighted by molar-refractivity contribution is 6.14. The van der Waals surface area contributed by atoms with Crippen molar-refractivity contribution in [1.82, 2.24) is 0 Å². The van der Waals surface area contributed by atoms with Gasteiger partial charge >= 0.3 is 0 Å². The van der Waals surface area contributed by atoms with Crippen molar-refractivity contribution < 1.29 is 23.5 Å². The fourth-order valence-corrected chi connectivity index (χ4v) is 3.03. The first-order valence-electron chi connectivity index (χ1n) is 9.18. The van der Waals surface area contributed by atoms with Crippen molar-refractivity contribution in [2.75, 3.05) is 17.4 Å². The van der Waals surface area contributed by atoms with Crippen molar-refractivity contribution in [3.8, 4) is 11.5 Å². The van der Waals surface area contributed by atoms with Crippen molar-refractivity contribution in [3.63, 3.8) is 0 Å². The molecule has 0 atom stereocenters. The van der Waals surface area contributed by atoms with Gasteiger partial charge in [0.2, 0.25) is 18.5 Å². The molecule has 1 aromatic heterocycles. The molecule has 0 saturated heterocycles. The Bertz CT molecular complexity index is 1040. The van der Waals surface area contributed by atoms with Gasteiger partial charge < -0.3 is 24.5 Å². The van der Waals surface area contributed by atoms with Crippen LogP contribution in [0.4, 0.5) is 11.4 Å². The molecule has 7 heteroatoms. The average Bonchev–Trinajstić information content (AvgIpc) is 3.31. The lowest BCUT2D eigenvalue weighted by Gasteiger charge is -2.08. The van der Waals surface area contributed by atoms with Gasteiger partial charge in [-0.3, -0.25) is 9.59 Å². The molecule has 1 aliphatic heterocycles. The molecule has 144 valence electrons. The van der Waals surface area contributed by atoms with Crippen LogP contribution in [0.2, 0.25) is 0 Å². The summed E-state index contributed by atoms with van der Waals surface area (Å²) in [6.07, 6.45) is 2.08. The van der Waals surface area contributed by atoms with Crippen LogP contribution in [0.5, 0.6) is 11.5 Å². The number of para-hydroxylation sites is 1. The monoisotopic (exact) mass is 380 g/mol. The molecule has 4 rings (SSSR count). The minimum absolute atomic E-state index is 0.0590. The number of hydrogen-bond acceptors (Lipinski definition) is 5. The molecule has 0 saturated carbocycles. The molecular formula is C21H20N2O5. The highest BCUT2D eigenvalue weighted by Gasteiger charge is 2.23. The number of unbranched alkanes of at least 4 members (excludes halogenated alkanes) is 1. The summed E-state index contributed by atoms with van der Waals surface area (Å²) in [5.41, 5.74) is 1.46. The Morgan fingerprint density at radius 1 is 1.04 bits per heavy atom. The zero-order valence-corrected chi connectivity index (χ0v) is 15.4. The van der Waals surface area contributed by atoms with E-state index in [0.29, 0.717) is 40.3 Å². The van der Waals surface area contributed by atoms with Gasteiger partial charge in [-0.25, -0.2) is 0 Å². The Kier molecular flexibility index (Phi) is 4.89. The second kappa shape index (κ2) is 7.64. The van der Waals surface area contributed by atoms with E-state index in [1.54, 1.807) is 24.3 Å². The number of hydrogen-bond donors (Lipinski definition) is 2. The first kappa shape index (κ1) is 17.9. The van der Waals surface area contributed by atoms with Crippen LogP contribution in [0.1, 0.15) is 36.7 Å². The Labute approximate surface area is 161 Å². The lowest BCUT2D eigenvalue weighted by atomic mass is 10.2. The number of amides is 2. The highest BCUT2D eigenvalue weighted by Crippen LogP contribution is 2.35. The molecule has 28 heavy (non-hydrogen) atoms. The lowest BCUT2D eigenvalue weighted by molar-refractivity contribution is -0.116. The van der Waals surface area contributed by atoms with E-state index in [0.717, 1.165) is 12.8 Å². The molecule has 1 aliphatic rings. The Morgan fingerprint density at radius 3 is 2.71 bits per heavy atom. The number of carbonyl (C=O) groups excluding carboxylic acids is 2. The molecule has 0 unspecified atom stereocenters. The van der Waals surface area contributed by atoms with E-state index in [-0.39, 0.29) is 18.5 Å². The van der Waals surface area contributed by atoms with Crippen molar-refractivity contribution in [2.24, 2.45) is 0 Å². The van der Waals surface area contributed by atoms with Gasteiger partial charge in [-0.1, -0.05) is 25.5 Å². The smallest absolute Gasteiger partial charge is 0.293 e. The standard InChI is InChI=1S/C21H20N2O5/c1-2-3-8-18(24)23-19-14-6-4-5-7-15(14)28-20(19)21(25)22-13-9-10-16-17(11-13)27-12-26-16/h4-7,9-11H,2-3,8,12H2,1H3,(H,22,25)(H,23,24). The maximum atomic E-state index is 12.9. The SMILES string of the molecule is CCCCC(=O)Nc1c(C(=O)Nc2ccc3c(c2)OCO3)oc2ccccc12. The molecule has 0 bridgehead atoms. The van der Waals surface area contributed by atoms with Crippen molar-refractivity contribution in [1.29, 1.82) is 0 Å². The van der Waals surface area contributed by atoms with Gasteiger partial charge in [-0.05, 0) is 30.7 Å². The largest absolute Gasteiger partial charge is 0.454 e. The van der Waals surface area contributed by atoms with Crippen LogP contribution in [0, 0.1) is 0 Å². The van der Waals surface area contributed by atoms with Crippen LogP contribution in [0.15, 0.2) is 46.9 Å². The third-order valence-electron chi connectivity index (χ3n) is 4.45. The first-order valence-corrected chi connectivity index (χ1v) is 9.18. The number of nitrogens with one attached hydrogen (secondary N) is 2. The topological polar surface area (TPSA) is 89.8 Å². The minimum Gasteiger partial charge on any atom is -0.454 e. The molecule has 0 fully saturated rings. The molecule has 7 nitrogen and oxygen atoms in total. The number of benzene rings is 2. The quantitative estimate of drug-likeness (QED) is 0.655. The maximum absolute atomic E-state index is 12.9. The summed E-state index contributed by atoms with van der Waals surface area (Å²) in [6.45, 7) is 2.18. The van der Waals surface area contributed by atoms with Crippen LogP contribution in [-0.2, 0) is 4.79 Å². The molecular weight excluding hydrogens is 360 g/mol. The van der Waals surface area contributed by atoms with Crippen LogP contribution in [0.3, 0.4) is 0 Å². The Hall–Kier alpha value is -3.48. The minimum atomic E-state index is -0.458. The average molecular weight is 380 g/mol. The summed E-state index contributed by atoms with van der Waals surface area (Å²) in [5.74, 6) is 0.649. The van der Waals surface area contributed by atoms with Gasteiger partial charge in [0.1, 0.15) is 11.3 Å². The molecule has 2 N–H and O–H groups in total. The third-order valence-corrected chi connectivity index (χ3v) is 4.45. The number of anilines is 2. The van der Waals surface area contributed by atoms with E-state index in [1.165, 1.54) is 0 Å². The van der Waals surface area contributed by atoms with E-state index < -0.39 is 5.91 Å². The predicted octanol–water partition coefficient (Wildman–Crippen LogP) is 4.54. The zero-order valence-electron chi connectivity index (χ0n) is 15.4. The predicted molar refractivity (Wildman–Crippen MR) is 105 cm³/mol. The van der Waals surface area contributed by atoms with E-state index in [9.17, 15) is 9.59 Å². The second-order valence-electron chi connectivity index (χ2n) is 6.48. The van der Waals surface area contributed by atoms with Gasteiger partial charge in [0.25, 0.3) is 5.91 Å². The van der Waals surface area contributed by atoms with Crippen molar-refractivity contribution in [2.45, 2.75) is 26.2 Å². The third kappa shape index (κ3) is 3.51. The normalized spacial score (nSPS) is 12.2. The van der Waals surface area contributed by atoms with Crippen LogP contribution in [0.25, 0.3) is 11.0 Å². The van der Waals surface area contributed by atoms with Crippen molar-refractivity contribution >= 4 is 34.2 Å². The number of rotatable bonds is 6. The van der Waals surface area contributed by atoms with Gasteiger partial charge in [0, 0.05) is 23.6 Å². The zero-order chi connectivity index (χ0) is 19.5. The van der Waals surface area contributed by atoms with Gasteiger partial charge in [0.05, 0.1) is 0 Å². The van der Waals surface area contributed by atoms with Crippen LogP contribution in [-0.4, -0.2) is 18.6 Å². The van der Waals surface area contributed by atoms with Crippen LogP contribution < -0.4 is 20.1 Å². The lowest BCUT2D eigenvalue weighted by Crippen LogP contribution is -2.16. The Morgan fingerprint density at radius 2 is 1.86 bits per heavy atom. The summed E-state index contributed by atoms with van der Waals surface area (Å²) >= 11 is 0. The van der Waals surface area contributed by atoms with Crippen molar-refractivity contribution in [3.05, 3.63) is 48.2 Å². The van der Waals surface area contributed by atoms with E-state index in [2.05, 4.69) is 10.6 Å². The summed E-state index contributed by atoms with van der Waals surface area (Å²) < 4.78 is 16.4. The molecule has 0 radical (unpaired) electrons. The number of carbonyl (C=O) groups is 2. The van der Waals surface area contributed by atoms with Crippen LogP contribution >= 0.6 is 0 Å². The number of furan rings is 1. The number of ether oxygens (including phenoxy) is 2. The number of fused-ring (bicyclic) bond motifs is 2.